The maximum atomic E-state index is 11.8. The molecule has 0 fully saturated rings. The summed E-state index contributed by atoms with van der Waals surface area (Å²) in [6.07, 6.45) is 5.46. The summed E-state index contributed by atoms with van der Waals surface area (Å²) in [5.41, 5.74) is 7.61. The number of hydrogen-bond donors (Lipinski definition) is 0. The maximum absolute atomic E-state index is 11.8. The lowest BCUT2D eigenvalue weighted by atomic mass is 9.82. The Morgan fingerprint density at radius 2 is 1.59 bits per heavy atom. The summed E-state index contributed by atoms with van der Waals surface area (Å²) in [5.74, 6) is -0.271. The van der Waals surface area contributed by atoms with E-state index in [1.54, 1.807) is 0 Å². The summed E-state index contributed by atoms with van der Waals surface area (Å²) in [5, 5.41) is 0. The molecule has 2 aromatic carbocycles. The number of fused-ring (bicyclic) bond motifs is 1. The molecule has 0 aromatic heterocycles. The third-order valence-corrected chi connectivity index (χ3v) is 5.63. The van der Waals surface area contributed by atoms with Gasteiger partial charge >= 0.3 is 5.97 Å². The highest BCUT2D eigenvalue weighted by molar-refractivity contribution is 5.89. The van der Waals surface area contributed by atoms with Crippen molar-refractivity contribution in [2.45, 2.75) is 58.8 Å². The predicted molar refractivity (Wildman–Crippen MR) is 113 cm³/mol. The van der Waals surface area contributed by atoms with Crippen LogP contribution < -0.4 is 0 Å². The summed E-state index contributed by atoms with van der Waals surface area (Å²) < 4.78 is 5.03. The van der Waals surface area contributed by atoms with Crippen molar-refractivity contribution in [3.05, 3.63) is 69.8 Å². The molecule has 2 heteroatoms. The molecule has 0 spiro atoms. The second kappa shape index (κ2) is 6.99. The minimum atomic E-state index is -0.271. The van der Waals surface area contributed by atoms with Gasteiger partial charge in [-0.25, -0.2) is 4.79 Å². The van der Waals surface area contributed by atoms with Gasteiger partial charge in [0, 0.05) is 0 Å². The number of carbonyl (C=O) groups is 1. The van der Waals surface area contributed by atoms with Crippen LogP contribution in [0.1, 0.15) is 79.2 Å². The molecule has 142 valence electrons. The lowest BCUT2D eigenvalue weighted by Gasteiger charge is -2.22. The van der Waals surface area contributed by atoms with Gasteiger partial charge in [0.1, 0.15) is 0 Å². The van der Waals surface area contributed by atoms with Crippen molar-refractivity contribution < 1.29 is 9.53 Å². The van der Waals surface area contributed by atoms with Crippen LogP contribution in [0.25, 0.3) is 12.2 Å². The molecule has 1 aliphatic rings. The fourth-order valence-electron chi connectivity index (χ4n) is 4.45. The minimum Gasteiger partial charge on any atom is -0.462 e. The van der Waals surface area contributed by atoms with Gasteiger partial charge in [-0.2, -0.15) is 0 Å². The topological polar surface area (TPSA) is 26.3 Å². The van der Waals surface area contributed by atoms with Crippen LogP contribution in [0.15, 0.2) is 36.4 Å². The number of esters is 1. The van der Waals surface area contributed by atoms with Crippen molar-refractivity contribution in [1.29, 1.82) is 0 Å². The molecule has 3 rings (SSSR count). The van der Waals surface area contributed by atoms with Gasteiger partial charge < -0.3 is 4.74 Å². The van der Waals surface area contributed by atoms with Gasteiger partial charge in [-0.05, 0) is 71.0 Å². The first-order valence-corrected chi connectivity index (χ1v) is 9.75. The first-order chi connectivity index (χ1) is 12.6. The molecular weight excluding hydrogens is 332 g/mol. The zero-order valence-corrected chi connectivity index (χ0v) is 17.3. The Hall–Kier alpha value is -2.35. The van der Waals surface area contributed by atoms with Crippen LogP contribution in [0.2, 0.25) is 0 Å². The average Bonchev–Trinajstić information content (AvgIpc) is 2.77. The first-order valence-electron chi connectivity index (χ1n) is 9.75. The van der Waals surface area contributed by atoms with Crippen molar-refractivity contribution in [1.82, 2.24) is 0 Å². The number of aryl methyl sites for hydroxylation is 1. The average molecular weight is 363 g/mol. The molecular formula is C25H30O2. The fourth-order valence-corrected chi connectivity index (χ4v) is 4.45. The largest absolute Gasteiger partial charge is 0.462 e. The SMILES string of the molecule is CCOC(=O)c1ccc(/C=C/c2cc3c(cc2C)C(C)(C)CC3(C)C)cc1. The van der Waals surface area contributed by atoms with E-state index in [-0.39, 0.29) is 16.8 Å². The van der Waals surface area contributed by atoms with Crippen molar-refractivity contribution >= 4 is 18.1 Å². The van der Waals surface area contributed by atoms with Crippen LogP contribution in [0.5, 0.6) is 0 Å². The van der Waals surface area contributed by atoms with Gasteiger partial charge in [0.25, 0.3) is 0 Å². The van der Waals surface area contributed by atoms with E-state index in [1.165, 1.54) is 28.7 Å². The molecule has 0 aliphatic heterocycles. The number of carbonyl (C=O) groups excluding carboxylic acids is 1. The summed E-state index contributed by atoms with van der Waals surface area (Å²) in [4.78, 5) is 11.8. The minimum absolute atomic E-state index is 0.205. The molecule has 27 heavy (non-hydrogen) atoms. The van der Waals surface area contributed by atoms with Gasteiger partial charge in [-0.3, -0.25) is 0 Å². The fraction of sp³-hybridized carbons (Fsp3) is 0.400. The molecule has 0 atom stereocenters. The number of benzene rings is 2. The van der Waals surface area contributed by atoms with Gasteiger partial charge in [-0.1, -0.05) is 64.1 Å². The van der Waals surface area contributed by atoms with Gasteiger partial charge in [-0.15, -0.1) is 0 Å². The molecule has 1 aliphatic carbocycles. The molecule has 0 bridgehead atoms. The molecule has 2 nitrogen and oxygen atoms in total. The molecule has 0 radical (unpaired) electrons. The second-order valence-corrected chi connectivity index (χ2v) is 8.87. The van der Waals surface area contributed by atoms with Crippen LogP contribution in [0.4, 0.5) is 0 Å². The zero-order chi connectivity index (χ0) is 19.8. The van der Waals surface area contributed by atoms with Crippen LogP contribution in [0.3, 0.4) is 0 Å². The second-order valence-electron chi connectivity index (χ2n) is 8.87. The third kappa shape index (κ3) is 3.85. The number of rotatable bonds is 4. The first kappa shape index (κ1) is 19.4. The monoisotopic (exact) mass is 362 g/mol. The van der Waals surface area contributed by atoms with Crippen LogP contribution in [-0.4, -0.2) is 12.6 Å². The van der Waals surface area contributed by atoms with E-state index >= 15 is 0 Å². The Labute approximate surface area is 163 Å². The summed E-state index contributed by atoms with van der Waals surface area (Å²) in [6, 6.07) is 12.3. The highest BCUT2D eigenvalue weighted by Crippen LogP contribution is 2.50. The van der Waals surface area contributed by atoms with Gasteiger partial charge in [0.15, 0.2) is 0 Å². The van der Waals surface area contributed by atoms with Gasteiger partial charge in [0.05, 0.1) is 12.2 Å². The summed E-state index contributed by atoms with van der Waals surface area (Å²) in [6.45, 7) is 13.8. The molecule has 0 N–H and O–H groups in total. The smallest absolute Gasteiger partial charge is 0.338 e. The Bertz CT molecular complexity index is 883. The predicted octanol–water partition coefficient (Wildman–Crippen LogP) is 6.30. The molecule has 0 saturated carbocycles. The third-order valence-electron chi connectivity index (χ3n) is 5.63. The van der Waals surface area contributed by atoms with E-state index < -0.39 is 0 Å². The Balaban J connectivity index is 1.87. The summed E-state index contributed by atoms with van der Waals surface area (Å²) in [7, 11) is 0. The standard InChI is InChI=1S/C25H30O2/c1-7-27-23(26)19-11-8-18(9-12-19)10-13-20-15-22-21(14-17(20)2)24(3,4)16-25(22,5)6/h8-15H,7,16H2,1-6H3/b13-10+. The van der Waals surface area contributed by atoms with E-state index in [4.69, 9.17) is 4.74 Å². The Morgan fingerprint density at radius 3 is 2.19 bits per heavy atom. The molecule has 0 saturated heterocycles. The highest BCUT2D eigenvalue weighted by Gasteiger charge is 2.41. The van der Waals surface area contributed by atoms with Crippen molar-refractivity contribution in [2.75, 3.05) is 6.61 Å². The molecule has 0 unspecified atom stereocenters. The summed E-state index contributed by atoms with van der Waals surface area (Å²) >= 11 is 0. The highest BCUT2D eigenvalue weighted by atomic mass is 16.5. The van der Waals surface area contributed by atoms with Crippen molar-refractivity contribution in [2.24, 2.45) is 0 Å². The van der Waals surface area contributed by atoms with E-state index in [9.17, 15) is 4.79 Å². The Kier molecular flexibility index (Phi) is 5.03. The van der Waals surface area contributed by atoms with Crippen LogP contribution in [-0.2, 0) is 15.6 Å². The normalized spacial score (nSPS) is 17.1. The van der Waals surface area contributed by atoms with Gasteiger partial charge in [0.2, 0.25) is 0 Å². The number of hydrogen-bond acceptors (Lipinski definition) is 2. The van der Waals surface area contributed by atoms with Crippen LogP contribution >= 0.6 is 0 Å². The van der Waals surface area contributed by atoms with E-state index in [0.29, 0.717) is 12.2 Å². The quantitative estimate of drug-likeness (QED) is 0.471. The van der Waals surface area contributed by atoms with E-state index in [1.807, 2.05) is 31.2 Å². The van der Waals surface area contributed by atoms with Crippen molar-refractivity contribution in [3.63, 3.8) is 0 Å². The van der Waals surface area contributed by atoms with Crippen LogP contribution in [0, 0.1) is 6.92 Å². The molecule has 0 amide bonds. The maximum Gasteiger partial charge on any atom is 0.338 e. The zero-order valence-electron chi connectivity index (χ0n) is 17.3. The lowest BCUT2D eigenvalue weighted by molar-refractivity contribution is 0.0526. The molecule has 0 heterocycles. The lowest BCUT2D eigenvalue weighted by Crippen LogP contribution is -2.17. The van der Waals surface area contributed by atoms with E-state index in [0.717, 1.165) is 5.56 Å². The molecule has 2 aromatic rings. The Morgan fingerprint density at radius 1 is 1.00 bits per heavy atom. The number of ether oxygens (including phenoxy) is 1. The van der Waals surface area contributed by atoms with Crippen molar-refractivity contribution in [3.8, 4) is 0 Å². The van der Waals surface area contributed by atoms with E-state index in [2.05, 4.69) is 58.9 Å².